The average molecular weight is 673 g/mol. The molecular weight excluding hydrogens is 640 g/mol. The van der Waals surface area contributed by atoms with Gasteiger partial charge in [0.2, 0.25) is 0 Å². The van der Waals surface area contributed by atoms with Crippen LogP contribution in [0.2, 0.25) is 5.02 Å². The third kappa shape index (κ3) is 9.27. The Morgan fingerprint density at radius 1 is 1.02 bits per heavy atom. The Morgan fingerprint density at radius 3 is 2.57 bits per heavy atom. The van der Waals surface area contributed by atoms with Gasteiger partial charge in [0.1, 0.15) is 11.5 Å². The molecule has 0 unspecified atom stereocenters. The zero-order chi connectivity index (χ0) is 33.2. The Hall–Kier alpha value is -5.00. The maximum Gasteiger partial charge on any atom is 0.267 e. The lowest BCUT2D eigenvalue weighted by Crippen LogP contribution is -2.28. The largest absolute Gasteiger partial charge is 0.493 e. The number of para-hydroxylation sites is 1. The zero-order valence-corrected chi connectivity index (χ0v) is 27.6. The molecule has 0 spiro atoms. The van der Waals surface area contributed by atoms with Crippen molar-refractivity contribution in [1.82, 2.24) is 4.90 Å². The van der Waals surface area contributed by atoms with E-state index in [1.165, 1.54) is 16.7 Å². The van der Waals surface area contributed by atoms with Gasteiger partial charge < -0.3 is 23.9 Å². The first-order valence-electron chi connectivity index (χ1n) is 14.7. The van der Waals surface area contributed by atoms with E-state index >= 15 is 0 Å². The predicted molar refractivity (Wildman–Crippen MR) is 185 cm³/mol. The van der Waals surface area contributed by atoms with Crippen LogP contribution in [0.4, 0.5) is 5.69 Å². The number of halogens is 1. The summed E-state index contributed by atoms with van der Waals surface area (Å²) in [6.45, 7) is 4.66. The monoisotopic (exact) mass is 672 g/mol. The van der Waals surface area contributed by atoms with E-state index in [1.807, 2.05) is 24.3 Å². The molecule has 47 heavy (non-hydrogen) atoms. The number of carbonyl (C=O) groups excluding carboxylic acids is 2. The molecule has 1 N–H and O–H groups in total. The Morgan fingerprint density at radius 2 is 1.83 bits per heavy atom. The number of carbonyl (C=O) groups is 2. The van der Waals surface area contributed by atoms with Crippen molar-refractivity contribution in [3.05, 3.63) is 112 Å². The summed E-state index contributed by atoms with van der Waals surface area (Å²) in [7, 11) is 1.58. The highest BCUT2D eigenvalue weighted by molar-refractivity contribution is 8.18. The lowest BCUT2D eigenvalue weighted by Gasteiger charge is -2.13. The van der Waals surface area contributed by atoms with Crippen LogP contribution in [0.5, 0.6) is 17.2 Å². The molecule has 242 valence electrons. The fourth-order valence-corrected chi connectivity index (χ4v) is 5.36. The summed E-state index contributed by atoms with van der Waals surface area (Å²) < 4.78 is 22.7. The van der Waals surface area contributed by atoms with Crippen molar-refractivity contribution >= 4 is 58.3 Å². The topological polar surface area (TPSA) is 115 Å². The standard InChI is InChI=1S/C35H33ClN4O6S/c1-23(2)21-45-30-15-10-24(17-31(30)43-3)19-37-39-35-40(20-28-8-6-16-44-28)34(42)32(47-35)18-25-7-4-5-9-29(25)46-22-33(41)38-27-13-11-26(36)12-14-27/h4-19,23H,20-22H2,1-3H3,(H,38,41)/b32-18-,37-19+,39-35-. The number of nitrogens with one attached hydrogen (secondary N) is 1. The molecule has 1 aliphatic heterocycles. The van der Waals surface area contributed by atoms with E-state index in [0.717, 1.165) is 5.56 Å². The Bertz CT molecular complexity index is 1790. The van der Waals surface area contributed by atoms with Crippen LogP contribution in [0.3, 0.4) is 0 Å². The highest BCUT2D eigenvalue weighted by Gasteiger charge is 2.34. The number of anilines is 1. The lowest BCUT2D eigenvalue weighted by molar-refractivity contribution is -0.122. The van der Waals surface area contributed by atoms with Crippen LogP contribution in [-0.2, 0) is 16.1 Å². The van der Waals surface area contributed by atoms with E-state index in [1.54, 1.807) is 80.3 Å². The van der Waals surface area contributed by atoms with Crippen molar-refractivity contribution in [2.24, 2.45) is 16.1 Å². The van der Waals surface area contributed by atoms with Crippen LogP contribution in [-0.4, -0.2) is 48.4 Å². The number of ether oxygens (including phenoxy) is 3. The first-order valence-corrected chi connectivity index (χ1v) is 15.9. The van der Waals surface area contributed by atoms with Gasteiger partial charge in [0.15, 0.2) is 23.3 Å². The summed E-state index contributed by atoms with van der Waals surface area (Å²) >= 11 is 7.10. The molecule has 1 saturated heterocycles. The van der Waals surface area contributed by atoms with Crippen LogP contribution >= 0.6 is 23.4 Å². The third-order valence-electron chi connectivity index (χ3n) is 6.58. The SMILES string of the molecule is COc1cc(/C=N/N=C2\S/C(=C\c3ccccc3OCC(=O)Nc3ccc(Cl)cc3)C(=O)N2Cc2ccco2)ccc1OCC(C)C. The van der Waals surface area contributed by atoms with Crippen LogP contribution in [0.1, 0.15) is 30.7 Å². The predicted octanol–water partition coefficient (Wildman–Crippen LogP) is 7.50. The van der Waals surface area contributed by atoms with Crippen molar-refractivity contribution in [3.8, 4) is 17.2 Å². The molecule has 5 rings (SSSR count). The molecule has 10 nitrogen and oxygen atoms in total. The van der Waals surface area contributed by atoms with E-state index in [4.69, 9.17) is 30.2 Å². The van der Waals surface area contributed by atoms with Gasteiger partial charge in [-0.1, -0.05) is 43.6 Å². The highest BCUT2D eigenvalue weighted by Crippen LogP contribution is 2.35. The second-order valence-electron chi connectivity index (χ2n) is 10.7. The van der Waals surface area contributed by atoms with E-state index in [-0.39, 0.29) is 25.0 Å². The molecule has 0 saturated carbocycles. The van der Waals surface area contributed by atoms with Crippen molar-refractivity contribution in [1.29, 1.82) is 0 Å². The highest BCUT2D eigenvalue weighted by atomic mass is 35.5. The molecule has 1 fully saturated rings. The number of thioether (sulfide) groups is 1. The molecule has 2 heterocycles. The van der Waals surface area contributed by atoms with Crippen molar-refractivity contribution < 1.29 is 28.2 Å². The molecule has 0 aliphatic carbocycles. The lowest BCUT2D eigenvalue weighted by atomic mass is 10.2. The fraction of sp³-hybridized carbons (Fsp3) is 0.200. The van der Waals surface area contributed by atoms with Gasteiger partial charge in [-0.25, -0.2) is 0 Å². The molecule has 1 aromatic heterocycles. The molecule has 0 bridgehead atoms. The Kier molecular flexibility index (Phi) is 11.4. The zero-order valence-electron chi connectivity index (χ0n) is 26.0. The van der Waals surface area contributed by atoms with Crippen LogP contribution in [0, 0.1) is 5.92 Å². The quantitative estimate of drug-likeness (QED) is 0.0888. The first-order chi connectivity index (χ1) is 22.8. The molecule has 0 radical (unpaired) electrons. The fourth-order valence-electron chi connectivity index (χ4n) is 4.31. The Labute approximate surface area is 282 Å². The number of hydrogen-bond donors (Lipinski definition) is 1. The summed E-state index contributed by atoms with van der Waals surface area (Å²) in [5.41, 5.74) is 1.97. The van der Waals surface area contributed by atoms with Gasteiger partial charge >= 0.3 is 0 Å². The van der Waals surface area contributed by atoms with Gasteiger partial charge in [0.25, 0.3) is 11.8 Å². The summed E-state index contributed by atoms with van der Waals surface area (Å²) in [6, 6.07) is 23.0. The van der Waals surface area contributed by atoms with Gasteiger partial charge in [0.05, 0.1) is 37.6 Å². The maximum absolute atomic E-state index is 13.6. The molecule has 1 aliphatic rings. The minimum atomic E-state index is -0.339. The van der Waals surface area contributed by atoms with E-state index in [9.17, 15) is 9.59 Å². The first kappa shape index (κ1) is 33.4. The summed E-state index contributed by atoms with van der Waals surface area (Å²) in [5, 5.41) is 12.4. The number of furan rings is 1. The van der Waals surface area contributed by atoms with E-state index in [2.05, 4.69) is 29.4 Å². The minimum absolute atomic E-state index is 0.170. The maximum atomic E-state index is 13.6. The number of amides is 2. The van der Waals surface area contributed by atoms with Crippen molar-refractivity contribution in [2.75, 3.05) is 25.6 Å². The number of amidine groups is 1. The Balaban J connectivity index is 1.33. The van der Waals surface area contributed by atoms with Crippen molar-refractivity contribution in [3.63, 3.8) is 0 Å². The number of benzene rings is 3. The van der Waals surface area contributed by atoms with E-state index < -0.39 is 0 Å². The number of methoxy groups -OCH3 is 1. The van der Waals surface area contributed by atoms with Gasteiger partial charge in [-0.2, -0.15) is 5.10 Å². The number of rotatable bonds is 13. The average Bonchev–Trinajstić information content (AvgIpc) is 3.69. The molecule has 3 aromatic carbocycles. The van der Waals surface area contributed by atoms with Crippen LogP contribution in [0.25, 0.3) is 6.08 Å². The van der Waals surface area contributed by atoms with E-state index in [0.29, 0.717) is 61.9 Å². The number of nitrogens with zero attached hydrogens (tertiary/aromatic N) is 3. The smallest absolute Gasteiger partial charge is 0.267 e. The molecule has 4 aromatic rings. The minimum Gasteiger partial charge on any atom is -0.493 e. The normalized spacial score (nSPS) is 14.8. The molecule has 2 amide bonds. The van der Waals surface area contributed by atoms with Gasteiger partial charge in [0, 0.05) is 16.3 Å². The molecule has 12 heteroatoms. The second kappa shape index (κ2) is 16.0. The van der Waals surface area contributed by atoms with Crippen LogP contribution in [0.15, 0.2) is 105 Å². The van der Waals surface area contributed by atoms with Crippen LogP contribution < -0.4 is 19.5 Å². The van der Waals surface area contributed by atoms with Gasteiger partial charge in [-0.15, -0.1) is 5.10 Å². The number of hydrogen-bond acceptors (Lipinski definition) is 9. The third-order valence-corrected chi connectivity index (χ3v) is 7.83. The molecule has 0 atom stereocenters. The second-order valence-corrected chi connectivity index (χ2v) is 12.2. The van der Waals surface area contributed by atoms with Crippen molar-refractivity contribution in [2.45, 2.75) is 20.4 Å². The van der Waals surface area contributed by atoms with Gasteiger partial charge in [-0.05, 0) is 90.0 Å². The molecular formula is C35H33ClN4O6S. The summed E-state index contributed by atoms with van der Waals surface area (Å²) in [5.74, 6) is 2.02. The van der Waals surface area contributed by atoms with Gasteiger partial charge in [-0.3, -0.25) is 14.5 Å². The summed E-state index contributed by atoms with van der Waals surface area (Å²) in [6.07, 6.45) is 4.84. The summed E-state index contributed by atoms with van der Waals surface area (Å²) in [4.78, 5) is 28.1.